The van der Waals surface area contributed by atoms with Gasteiger partial charge in [-0.3, -0.25) is 4.70 Å². The number of aliphatic carboxylic acids is 1. The van der Waals surface area contributed by atoms with E-state index in [0.717, 1.165) is 22.9 Å². The van der Waals surface area contributed by atoms with Crippen LogP contribution in [0.1, 0.15) is 13.8 Å². The van der Waals surface area contributed by atoms with Gasteiger partial charge in [-0.1, -0.05) is 0 Å². The Hall–Kier alpha value is 3.48. The summed E-state index contributed by atoms with van der Waals surface area (Å²) in [5.74, 6) is -0.0337. The van der Waals surface area contributed by atoms with Crippen molar-refractivity contribution in [2.75, 3.05) is 30.5 Å². The number of hydrogen-bond donors (Lipinski definition) is 8. The third kappa shape index (κ3) is 22.1. The van der Waals surface area contributed by atoms with E-state index in [1.54, 1.807) is 0 Å². The van der Waals surface area contributed by atoms with Crippen molar-refractivity contribution in [3.05, 3.63) is 48.5 Å². The molecule has 0 aromatic heterocycles. The number of anilines is 2. The summed E-state index contributed by atoms with van der Waals surface area (Å²) in [5.41, 5.74) is 1.82. The summed E-state index contributed by atoms with van der Waals surface area (Å²) in [4.78, 5) is 10.1. The molecule has 17 heteroatoms. The first-order chi connectivity index (χ1) is 16.6. The first-order valence-electron chi connectivity index (χ1n) is 10.7. The van der Waals surface area contributed by atoms with Gasteiger partial charge in [0.15, 0.2) is 11.2 Å². The molecule has 2 aromatic carbocycles. The molecule has 0 saturated heterocycles. The van der Waals surface area contributed by atoms with E-state index in [1.807, 2.05) is 62.4 Å². The maximum atomic E-state index is 10.1. The molecule has 4 atom stereocenters. The summed E-state index contributed by atoms with van der Waals surface area (Å²) < 4.78 is 10.8. The van der Waals surface area contributed by atoms with Crippen LogP contribution in [-0.2, 0) is 4.79 Å². The number of thiocarbonyl (C=S) groups is 1. The van der Waals surface area contributed by atoms with E-state index in [0.29, 0.717) is 18.3 Å². The number of ether oxygens (including phenoxy) is 2. The Morgan fingerprint density at radius 1 is 0.775 bits per heavy atom. The molecule has 0 amide bonds. The number of hydrogen-bond acceptors (Lipinski definition) is 9. The molecule has 2 aromatic rings. The van der Waals surface area contributed by atoms with Crippen molar-refractivity contribution < 1.29 is 49.6 Å². The fraction of sp³-hybridized carbons (Fsp3) is 0.391. The number of benzene rings is 2. The van der Waals surface area contributed by atoms with Crippen LogP contribution in [0.5, 0.6) is 11.5 Å². The molecule has 0 aliphatic carbocycles. The predicted octanol–water partition coefficient (Wildman–Crippen LogP) is -1.64. The average molecular weight is 693 g/mol. The van der Waals surface area contributed by atoms with E-state index in [4.69, 9.17) is 52.3 Å². The second-order valence-electron chi connectivity index (χ2n) is 7.01. The number of nitrogens with one attached hydrogen (secondary N) is 2. The summed E-state index contributed by atoms with van der Waals surface area (Å²) in [7, 11) is 0. The standard InChI is InChI=1S/C17H20N2O2S.C6H12O7.FH.4K.4H/c1-3-20-15-9-5-13(6-10-15)18-17(22)19-14-7-11-16(12-8-14)21-4-2;7-1-2(8)3(9)4(10)5(11)6(12)13;;;;;;;;;/h5-12H,3-4H2,1-2H3,(H2,18,19,22);2-5,7-11H,1H2,(H,12,13);1H;;;;;;;;/t;2-,3-,4+,5-;;;;;;;;;/m.1........./s1. The van der Waals surface area contributed by atoms with Crippen LogP contribution in [0.15, 0.2) is 48.5 Å². The molecular formula is C23H37FK4N2O9S. The third-order valence-corrected chi connectivity index (χ3v) is 4.56. The molecule has 0 radical (unpaired) electrons. The number of rotatable bonds is 11. The molecular weight excluding hydrogens is 656 g/mol. The molecule has 0 spiro atoms. The molecule has 2 rings (SSSR count). The Morgan fingerprint density at radius 3 is 1.40 bits per heavy atom. The molecule has 0 aliphatic heterocycles. The molecule has 40 heavy (non-hydrogen) atoms. The minimum atomic E-state index is -2.20. The second kappa shape index (κ2) is 31.1. The summed E-state index contributed by atoms with van der Waals surface area (Å²) in [5, 5.41) is 58.6. The molecule has 0 aliphatic rings. The molecule has 8 N–H and O–H groups in total. The minimum absolute atomic E-state index is 0. The van der Waals surface area contributed by atoms with Crippen LogP contribution in [0.25, 0.3) is 0 Å². The van der Waals surface area contributed by atoms with Crippen LogP contribution in [-0.4, -0.2) is 291 Å². The molecule has 0 fully saturated rings. The molecule has 0 heterocycles. The number of carboxylic acids is 1. The number of carbonyl (C=O) groups is 1. The van der Waals surface area contributed by atoms with Crippen LogP contribution in [0.3, 0.4) is 0 Å². The Bertz CT molecular complexity index is 869. The summed E-state index contributed by atoms with van der Waals surface area (Å²) in [6.45, 7) is 4.39. The molecule has 11 nitrogen and oxygen atoms in total. The Morgan fingerprint density at radius 2 is 1.12 bits per heavy atom. The van der Waals surface area contributed by atoms with E-state index < -0.39 is 37.0 Å². The summed E-state index contributed by atoms with van der Waals surface area (Å²) in [6, 6.07) is 15.3. The van der Waals surface area contributed by atoms with E-state index in [2.05, 4.69) is 10.6 Å². The number of halogens is 1. The van der Waals surface area contributed by atoms with Gasteiger partial charge < -0.3 is 50.7 Å². The van der Waals surface area contributed by atoms with Crippen molar-refractivity contribution in [1.29, 1.82) is 0 Å². The van der Waals surface area contributed by atoms with Gasteiger partial charge in [0.25, 0.3) is 0 Å². The maximum absolute atomic E-state index is 10.1. The zero-order valence-electron chi connectivity index (χ0n) is 19.8. The van der Waals surface area contributed by atoms with Crippen LogP contribution in [0.2, 0.25) is 0 Å². The van der Waals surface area contributed by atoms with E-state index >= 15 is 0 Å². The molecule has 0 saturated carbocycles. The fourth-order valence-corrected chi connectivity index (χ4v) is 2.80. The van der Waals surface area contributed by atoms with Gasteiger partial charge in [0.1, 0.15) is 29.8 Å². The number of aliphatic hydroxyl groups is 5. The summed E-state index contributed by atoms with van der Waals surface area (Å²) >= 11 is 5.30. The zero-order valence-corrected chi connectivity index (χ0v) is 20.6. The van der Waals surface area contributed by atoms with Crippen molar-refractivity contribution >= 4 is 240 Å². The van der Waals surface area contributed by atoms with Gasteiger partial charge in [-0.15, -0.1) is 0 Å². The summed E-state index contributed by atoms with van der Waals surface area (Å²) in [6.07, 6.45) is -7.84. The van der Waals surface area contributed by atoms with E-state index in [-0.39, 0.29) is 210 Å². The van der Waals surface area contributed by atoms with Gasteiger partial charge in [0.2, 0.25) is 0 Å². The Labute approximate surface area is 409 Å². The molecule has 0 bridgehead atoms. The first-order valence-corrected chi connectivity index (χ1v) is 11.1. The van der Waals surface area contributed by atoms with Crippen LogP contribution >= 0.6 is 12.2 Å². The van der Waals surface area contributed by atoms with Gasteiger partial charge in [-0.2, -0.15) is 0 Å². The quantitative estimate of drug-likeness (QED) is 0.0996. The van der Waals surface area contributed by atoms with Gasteiger partial charge >= 0.3 is 212 Å². The average Bonchev–Trinajstić information content (AvgIpc) is 2.85. The van der Waals surface area contributed by atoms with Crippen LogP contribution in [0.4, 0.5) is 16.1 Å². The second-order valence-corrected chi connectivity index (χ2v) is 7.42. The van der Waals surface area contributed by atoms with Crippen molar-refractivity contribution in [3.8, 4) is 11.5 Å². The third-order valence-electron chi connectivity index (χ3n) is 4.35. The monoisotopic (exact) mass is 692 g/mol. The van der Waals surface area contributed by atoms with Crippen molar-refractivity contribution in [3.63, 3.8) is 0 Å². The van der Waals surface area contributed by atoms with Crippen molar-refractivity contribution in [2.45, 2.75) is 38.3 Å². The Kier molecular flexibility index (Phi) is 41.2. The number of aliphatic hydroxyl groups excluding tert-OH is 5. The van der Waals surface area contributed by atoms with Crippen molar-refractivity contribution in [2.24, 2.45) is 0 Å². The Balaban J connectivity index is -0.000000201. The SMILES string of the molecule is CCOc1ccc(NC(=S)Nc2ccc(OCC)cc2)cc1.F.O=C(O)[C@H](O)[C@@H](O)[C@H](O)[C@H](O)CO.[KH].[KH].[KH].[KH]. The van der Waals surface area contributed by atoms with Gasteiger partial charge in [-0.25, -0.2) is 4.79 Å². The molecule has 0 unspecified atom stereocenters. The fourth-order valence-electron chi connectivity index (χ4n) is 2.56. The molecule has 210 valence electrons. The van der Waals surface area contributed by atoms with Gasteiger partial charge in [0, 0.05) is 11.4 Å². The van der Waals surface area contributed by atoms with E-state index in [1.165, 1.54) is 0 Å². The topological polar surface area (TPSA) is 181 Å². The predicted molar refractivity (Wildman–Crippen MR) is 165 cm³/mol. The zero-order chi connectivity index (χ0) is 26.4. The van der Waals surface area contributed by atoms with Crippen LogP contribution < -0.4 is 20.1 Å². The normalized spacial score (nSPS) is 12.1. The number of carboxylic acid groups (broad SMARTS) is 1. The van der Waals surface area contributed by atoms with E-state index in [9.17, 15) is 4.79 Å². The first kappa shape index (κ1) is 53.0. The van der Waals surface area contributed by atoms with Gasteiger partial charge in [0.05, 0.1) is 19.8 Å². The van der Waals surface area contributed by atoms with Crippen molar-refractivity contribution in [1.82, 2.24) is 0 Å². The van der Waals surface area contributed by atoms with Gasteiger partial charge in [-0.05, 0) is 74.6 Å². The van der Waals surface area contributed by atoms with Crippen LogP contribution in [0, 0.1) is 0 Å².